The van der Waals surface area contributed by atoms with Gasteiger partial charge in [0.2, 0.25) is 0 Å². The van der Waals surface area contributed by atoms with Gasteiger partial charge in [0.05, 0.1) is 12.8 Å². The Kier molecular flexibility index (Phi) is 6.74. The number of nitrogens with zero attached hydrogens (tertiary/aromatic N) is 1. The second-order valence-electron chi connectivity index (χ2n) is 5.60. The second-order valence-corrected chi connectivity index (χ2v) is 6.04. The minimum Gasteiger partial charge on any atom is -0.376 e. The normalized spacial score (nSPS) is 16.0. The van der Waals surface area contributed by atoms with Crippen LogP contribution in [0.2, 0.25) is 0 Å². The summed E-state index contributed by atoms with van der Waals surface area (Å²) in [5, 5.41) is 4.00. The largest absolute Gasteiger partial charge is 0.376 e. The quantitative estimate of drug-likeness (QED) is 0.480. The van der Waals surface area contributed by atoms with Crippen LogP contribution in [-0.2, 0) is 11.3 Å². The van der Waals surface area contributed by atoms with Gasteiger partial charge in [0.15, 0.2) is 5.11 Å². The lowest BCUT2D eigenvalue weighted by Gasteiger charge is -2.21. The summed E-state index contributed by atoms with van der Waals surface area (Å²) in [4.78, 5) is 0. The molecule has 0 atom stereocenters. The number of ether oxygens (including phenoxy) is 1. The molecule has 0 aliphatic heterocycles. The van der Waals surface area contributed by atoms with E-state index in [1.54, 1.807) is 12.3 Å². The van der Waals surface area contributed by atoms with E-state index in [0.717, 1.165) is 17.7 Å². The lowest BCUT2D eigenvalue weighted by atomic mass is 9.90. The lowest BCUT2D eigenvalue weighted by Crippen LogP contribution is -2.24. The average molecular weight is 323 g/mol. The van der Waals surface area contributed by atoms with Crippen molar-refractivity contribution in [2.45, 2.75) is 38.7 Å². The van der Waals surface area contributed by atoms with Crippen LogP contribution in [0.15, 0.2) is 23.3 Å². The number of hydrogen-bond acceptors (Lipinski definition) is 3. The maximum atomic E-state index is 13.4. The zero-order chi connectivity index (χ0) is 15.8. The van der Waals surface area contributed by atoms with Crippen LogP contribution in [0.3, 0.4) is 0 Å². The number of benzene rings is 1. The molecule has 1 saturated carbocycles. The highest BCUT2D eigenvalue weighted by Gasteiger charge is 2.13. The Morgan fingerprint density at radius 1 is 1.41 bits per heavy atom. The molecule has 1 aliphatic rings. The summed E-state index contributed by atoms with van der Waals surface area (Å²) >= 11 is 4.68. The summed E-state index contributed by atoms with van der Waals surface area (Å²) in [7, 11) is 0. The zero-order valence-electron chi connectivity index (χ0n) is 12.6. The van der Waals surface area contributed by atoms with E-state index in [-0.39, 0.29) is 10.9 Å². The molecule has 1 fully saturated rings. The van der Waals surface area contributed by atoms with Crippen molar-refractivity contribution in [1.82, 2.24) is 5.43 Å². The van der Waals surface area contributed by atoms with E-state index in [1.165, 1.54) is 44.2 Å². The molecule has 120 valence electrons. The molecule has 2 rings (SSSR count). The van der Waals surface area contributed by atoms with Gasteiger partial charge in [-0.05, 0) is 48.7 Å². The molecule has 0 unspecified atom stereocenters. The molecule has 0 aromatic heterocycles. The van der Waals surface area contributed by atoms with E-state index in [9.17, 15) is 4.39 Å². The van der Waals surface area contributed by atoms with Gasteiger partial charge in [-0.2, -0.15) is 5.10 Å². The molecule has 0 radical (unpaired) electrons. The first-order chi connectivity index (χ1) is 10.6. The average Bonchev–Trinajstić information content (AvgIpc) is 2.50. The van der Waals surface area contributed by atoms with Crippen LogP contribution in [-0.4, -0.2) is 17.9 Å². The predicted octanol–water partition coefficient (Wildman–Crippen LogP) is 3.09. The smallest absolute Gasteiger partial charge is 0.184 e. The molecule has 0 amide bonds. The number of rotatable bonds is 6. The highest BCUT2D eigenvalue weighted by Crippen LogP contribution is 2.24. The van der Waals surface area contributed by atoms with E-state index in [4.69, 9.17) is 10.5 Å². The maximum absolute atomic E-state index is 13.4. The van der Waals surface area contributed by atoms with Crippen molar-refractivity contribution in [3.8, 4) is 0 Å². The Labute approximate surface area is 135 Å². The molecule has 4 nitrogen and oxygen atoms in total. The predicted molar refractivity (Wildman–Crippen MR) is 90.1 cm³/mol. The fraction of sp³-hybridized carbons (Fsp3) is 0.500. The lowest BCUT2D eigenvalue weighted by molar-refractivity contribution is 0.0737. The summed E-state index contributed by atoms with van der Waals surface area (Å²) in [6.07, 6.45) is 7.94. The Balaban J connectivity index is 1.91. The molecule has 0 heterocycles. The highest BCUT2D eigenvalue weighted by molar-refractivity contribution is 7.80. The van der Waals surface area contributed by atoms with Crippen molar-refractivity contribution in [2.24, 2.45) is 16.8 Å². The number of nitrogens with one attached hydrogen (secondary N) is 1. The summed E-state index contributed by atoms with van der Waals surface area (Å²) in [6, 6.07) is 4.54. The maximum Gasteiger partial charge on any atom is 0.184 e. The Morgan fingerprint density at radius 2 is 2.18 bits per heavy atom. The van der Waals surface area contributed by atoms with Gasteiger partial charge in [0, 0.05) is 12.2 Å². The third kappa shape index (κ3) is 5.69. The first-order valence-electron chi connectivity index (χ1n) is 7.60. The SMILES string of the molecule is NC(=S)NN=Cc1ccc(F)cc1COCC1CCCCC1. The minimum atomic E-state index is -0.282. The fourth-order valence-corrected chi connectivity index (χ4v) is 2.73. The summed E-state index contributed by atoms with van der Waals surface area (Å²) < 4.78 is 19.2. The summed E-state index contributed by atoms with van der Waals surface area (Å²) in [5.74, 6) is 0.353. The molecule has 3 N–H and O–H groups in total. The first kappa shape index (κ1) is 16.8. The topological polar surface area (TPSA) is 59.6 Å². The van der Waals surface area contributed by atoms with Crippen molar-refractivity contribution < 1.29 is 9.13 Å². The van der Waals surface area contributed by atoms with Crippen LogP contribution < -0.4 is 11.2 Å². The molecule has 0 spiro atoms. The Hall–Kier alpha value is -1.53. The van der Waals surface area contributed by atoms with Gasteiger partial charge in [0.1, 0.15) is 5.82 Å². The molecular formula is C16H22FN3OS. The monoisotopic (exact) mass is 323 g/mol. The number of hydrazone groups is 1. The highest BCUT2D eigenvalue weighted by atomic mass is 32.1. The van der Waals surface area contributed by atoms with E-state index in [2.05, 4.69) is 22.7 Å². The molecular weight excluding hydrogens is 301 g/mol. The number of nitrogens with two attached hydrogens (primary N) is 1. The van der Waals surface area contributed by atoms with Crippen LogP contribution in [0, 0.1) is 11.7 Å². The van der Waals surface area contributed by atoms with Gasteiger partial charge in [0.25, 0.3) is 0 Å². The van der Waals surface area contributed by atoms with Gasteiger partial charge in [-0.15, -0.1) is 0 Å². The molecule has 1 aliphatic carbocycles. The van der Waals surface area contributed by atoms with E-state index in [1.807, 2.05) is 0 Å². The van der Waals surface area contributed by atoms with Crippen molar-refractivity contribution >= 4 is 23.5 Å². The first-order valence-corrected chi connectivity index (χ1v) is 8.00. The van der Waals surface area contributed by atoms with E-state index < -0.39 is 0 Å². The van der Waals surface area contributed by atoms with Crippen molar-refractivity contribution in [2.75, 3.05) is 6.61 Å². The number of halogens is 1. The summed E-state index contributed by atoms with van der Waals surface area (Å²) in [6.45, 7) is 1.11. The third-order valence-corrected chi connectivity index (χ3v) is 3.91. The second kappa shape index (κ2) is 8.80. The van der Waals surface area contributed by atoms with Crippen molar-refractivity contribution in [1.29, 1.82) is 0 Å². The molecule has 22 heavy (non-hydrogen) atoms. The number of hydrogen-bond donors (Lipinski definition) is 2. The van der Waals surface area contributed by atoms with Gasteiger partial charge < -0.3 is 10.5 Å². The Morgan fingerprint density at radius 3 is 2.91 bits per heavy atom. The Bertz CT molecular complexity index is 530. The van der Waals surface area contributed by atoms with Crippen molar-refractivity contribution in [3.63, 3.8) is 0 Å². The van der Waals surface area contributed by atoms with Crippen LogP contribution in [0.1, 0.15) is 43.2 Å². The molecule has 0 bridgehead atoms. The molecule has 1 aromatic carbocycles. The van der Waals surface area contributed by atoms with Crippen LogP contribution in [0.4, 0.5) is 4.39 Å². The minimum absolute atomic E-state index is 0.0912. The van der Waals surface area contributed by atoms with Gasteiger partial charge >= 0.3 is 0 Å². The van der Waals surface area contributed by atoms with Gasteiger partial charge in [-0.1, -0.05) is 25.3 Å². The van der Waals surface area contributed by atoms with Crippen LogP contribution in [0.25, 0.3) is 0 Å². The summed E-state index contributed by atoms with van der Waals surface area (Å²) in [5.41, 5.74) is 9.34. The molecule has 1 aromatic rings. The number of thiocarbonyl (C=S) groups is 1. The third-order valence-electron chi connectivity index (χ3n) is 3.82. The van der Waals surface area contributed by atoms with Crippen molar-refractivity contribution in [3.05, 3.63) is 35.1 Å². The zero-order valence-corrected chi connectivity index (χ0v) is 13.4. The van der Waals surface area contributed by atoms with Crippen LogP contribution >= 0.6 is 12.2 Å². The van der Waals surface area contributed by atoms with Gasteiger partial charge in [-0.3, -0.25) is 5.43 Å². The van der Waals surface area contributed by atoms with E-state index in [0.29, 0.717) is 12.5 Å². The van der Waals surface area contributed by atoms with Crippen LogP contribution in [0.5, 0.6) is 0 Å². The van der Waals surface area contributed by atoms with Gasteiger partial charge in [-0.25, -0.2) is 4.39 Å². The van der Waals surface area contributed by atoms with E-state index >= 15 is 0 Å². The fourth-order valence-electron chi connectivity index (χ4n) is 2.68. The standard InChI is InChI=1S/C16H22FN3OS/c17-15-7-6-13(9-19-20-16(18)22)14(8-15)11-21-10-12-4-2-1-3-5-12/h6-9,12H,1-5,10-11H2,(H3,18,20,22). The molecule has 0 saturated heterocycles. The molecule has 6 heteroatoms.